The van der Waals surface area contributed by atoms with Crippen molar-refractivity contribution in [3.05, 3.63) is 40.1 Å². The number of ether oxygens (including phenoxy) is 1. The second-order valence-electron chi connectivity index (χ2n) is 4.98. The number of aryl methyl sites for hydroxylation is 1. The molecule has 0 bridgehead atoms. The number of methoxy groups -OCH3 is 1. The maximum Gasteiger partial charge on any atom is 0.277 e. The number of fused-ring (bicyclic) bond motifs is 1. The van der Waals surface area contributed by atoms with Crippen LogP contribution in [0.3, 0.4) is 0 Å². The first-order chi connectivity index (χ1) is 10.2. The predicted octanol–water partition coefficient (Wildman–Crippen LogP) is 3.24. The van der Waals surface area contributed by atoms with Crippen molar-refractivity contribution in [2.75, 3.05) is 12.4 Å². The van der Waals surface area contributed by atoms with E-state index in [0.717, 1.165) is 36.0 Å². The first-order valence-electron chi connectivity index (χ1n) is 6.89. The molecule has 110 valence electrons. The standard InChI is InChI=1S/C15H16BrN3O2/c1-21-11-6-4-5-10(9-11)17-15(20)14-13(16)12-7-2-3-8-19(12)18-14/h4-6,9H,2-3,7-8H2,1H3,(H,17,20). The van der Waals surface area contributed by atoms with Crippen LogP contribution in [0.5, 0.6) is 5.75 Å². The molecule has 21 heavy (non-hydrogen) atoms. The van der Waals surface area contributed by atoms with Gasteiger partial charge in [-0.3, -0.25) is 9.48 Å². The number of nitrogens with zero attached hydrogens (tertiary/aromatic N) is 2. The van der Waals surface area contributed by atoms with E-state index < -0.39 is 0 Å². The molecule has 1 N–H and O–H groups in total. The summed E-state index contributed by atoms with van der Waals surface area (Å²) in [6, 6.07) is 7.27. The number of carbonyl (C=O) groups is 1. The molecule has 0 aliphatic carbocycles. The van der Waals surface area contributed by atoms with Crippen LogP contribution in [0.1, 0.15) is 29.0 Å². The van der Waals surface area contributed by atoms with Gasteiger partial charge in [0.15, 0.2) is 5.69 Å². The molecule has 0 spiro atoms. The van der Waals surface area contributed by atoms with Crippen LogP contribution in [0, 0.1) is 0 Å². The van der Waals surface area contributed by atoms with Gasteiger partial charge in [-0.2, -0.15) is 5.10 Å². The normalized spacial score (nSPS) is 13.6. The summed E-state index contributed by atoms with van der Waals surface area (Å²) in [5, 5.41) is 7.27. The highest BCUT2D eigenvalue weighted by molar-refractivity contribution is 9.10. The highest BCUT2D eigenvalue weighted by Crippen LogP contribution is 2.27. The fraction of sp³-hybridized carbons (Fsp3) is 0.333. The fourth-order valence-electron chi connectivity index (χ4n) is 2.49. The van der Waals surface area contributed by atoms with Gasteiger partial charge in [0.05, 0.1) is 17.3 Å². The summed E-state index contributed by atoms with van der Waals surface area (Å²) < 4.78 is 7.88. The van der Waals surface area contributed by atoms with E-state index in [1.54, 1.807) is 13.2 Å². The van der Waals surface area contributed by atoms with Gasteiger partial charge in [-0.15, -0.1) is 0 Å². The van der Waals surface area contributed by atoms with Gasteiger partial charge < -0.3 is 10.1 Å². The largest absolute Gasteiger partial charge is 0.497 e. The molecule has 2 heterocycles. The molecule has 1 aromatic carbocycles. The third-order valence-corrected chi connectivity index (χ3v) is 4.40. The van der Waals surface area contributed by atoms with Gasteiger partial charge in [-0.05, 0) is 47.3 Å². The highest BCUT2D eigenvalue weighted by Gasteiger charge is 2.23. The van der Waals surface area contributed by atoms with Crippen molar-refractivity contribution in [1.29, 1.82) is 0 Å². The molecule has 0 saturated heterocycles. The van der Waals surface area contributed by atoms with Crippen molar-refractivity contribution >= 4 is 27.5 Å². The smallest absolute Gasteiger partial charge is 0.277 e. The molecule has 6 heteroatoms. The number of carbonyl (C=O) groups excluding carboxylic acids is 1. The number of benzene rings is 1. The number of nitrogens with one attached hydrogen (secondary N) is 1. The lowest BCUT2D eigenvalue weighted by atomic mass is 10.1. The van der Waals surface area contributed by atoms with Gasteiger partial charge >= 0.3 is 0 Å². The Morgan fingerprint density at radius 1 is 1.43 bits per heavy atom. The highest BCUT2D eigenvalue weighted by atomic mass is 79.9. The summed E-state index contributed by atoms with van der Waals surface area (Å²) in [6.07, 6.45) is 3.21. The fourth-order valence-corrected chi connectivity index (χ4v) is 3.15. The van der Waals surface area contributed by atoms with Crippen molar-refractivity contribution in [3.8, 4) is 5.75 Å². The zero-order valence-corrected chi connectivity index (χ0v) is 13.3. The zero-order valence-electron chi connectivity index (χ0n) is 11.7. The van der Waals surface area contributed by atoms with Crippen molar-refractivity contribution < 1.29 is 9.53 Å². The number of hydrogen-bond acceptors (Lipinski definition) is 3. The Morgan fingerprint density at radius 3 is 3.05 bits per heavy atom. The van der Waals surface area contributed by atoms with Crippen LogP contribution in [0.2, 0.25) is 0 Å². The topological polar surface area (TPSA) is 56.1 Å². The van der Waals surface area contributed by atoms with Crippen LogP contribution in [0.15, 0.2) is 28.7 Å². The maximum absolute atomic E-state index is 12.4. The Bertz CT molecular complexity index is 682. The van der Waals surface area contributed by atoms with Crippen LogP contribution in [-0.4, -0.2) is 22.8 Å². The molecule has 5 nitrogen and oxygen atoms in total. The van der Waals surface area contributed by atoms with Gasteiger partial charge in [0.1, 0.15) is 5.75 Å². The summed E-state index contributed by atoms with van der Waals surface area (Å²) in [6.45, 7) is 0.875. The van der Waals surface area contributed by atoms with E-state index in [9.17, 15) is 4.79 Å². The molecule has 1 aliphatic rings. The molecule has 0 unspecified atom stereocenters. The van der Waals surface area contributed by atoms with E-state index in [1.807, 2.05) is 22.9 Å². The van der Waals surface area contributed by atoms with E-state index in [4.69, 9.17) is 4.74 Å². The molecule has 0 atom stereocenters. The second-order valence-corrected chi connectivity index (χ2v) is 5.77. The summed E-state index contributed by atoms with van der Waals surface area (Å²) in [4.78, 5) is 12.4. The molecule has 1 aromatic heterocycles. The van der Waals surface area contributed by atoms with Crippen molar-refractivity contribution in [1.82, 2.24) is 9.78 Å². The van der Waals surface area contributed by atoms with Gasteiger partial charge in [-0.1, -0.05) is 6.07 Å². The van der Waals surface area contributed by atoms with E-state index in [0.29, 0.717) is 17.1 Å². The van der Waals surface area contributed by atoms with Crippen molar-refractivity contribution in [2.45, 2.75) is 25.8 Å². The first-order valence-corrected chi connectivity index (χ1v) is 7.69. The Kier molecular flexibility index (Phi) is 3.96. The Morgan fingerprint density at radius 2 is 2.29 bits per heavy atom. The molecule has 0 radical (unpaired) electrons. The summed E-state index contributed by atoms with van der Waals surface area (Å²) in [5.74, 6) is 0.494. The van der Waals surface area contributed by atoms with E-state index >= 15 is 0 Å². The second kappa shape index (κ2) is 5.89. The van der Waals surface area contributed by atoms with Crippen molar-refractivity contribution in [3.63, 3.8) is 0 Å². The van der Waals surface area contributed by atoms with E-state index in [2.05, 4.69) is 26.3 Å². The molecule has 3 rings (SSSR count). The number of aromatic nitrogens is 2. The molecule has 2 aromatic rings. The van der Waals surface area contributed by atoms with Crippen molar-refractivity contribution in [2.24, 2.45) is 0 Å². The lowest BCUT2D eigenvalue weighted by molar-refractivity contribution is 0.102. The summed E-state index contributed by atoms with van der Waals surface area (Å²) in [7, 11) is 1.60. The summed E-state index contributed by atoms with van der Waals surface area (Å²) in [5.41, 5.74) is 2.24. The maximum atomic E-state index is 12.4. The van der Waals surface area contributed by atoms with E-state index in [1.165, 1.54) is 0 Å². The number of amides is 1. The number of anilines is 1. The van der Waals surface area contributed by atoms with E-state index in [-0.39, 0.29) is 5.91 Å². The quantitative estimate of drug-likeness (QED) is 0.925. The number of rotatable bonds is 3. The van der Waals surface area contributed by atoms with Gasteiger partial charge in [0, 0.05) is 18.3 Å². The minimum Gasteiger partial charge on any atom is -0.497 e. The average Bonchev–Trinajstić information content (AvgIpc) is 2.85. The minimum absolute atomic E-state index is 0.211. The van der Waals surface area contributed by atoms with Gasteiger partial charge in [0.25, 0.3) is 5.91 Å². The molecule has 1 amide bonds. The zero-order chi connectivity index (χ0) is 14.8. The average molecular weight is 350 g/mol. The first kappa shape index (κ1) is 14.1. The molecular formula is C15H16BrN3O2. The van der Waals surface area contributed by atoms with Crippen LogP contribution in [0.25, 0.3) is 0 Å². The lowest BCUT2D eigenvalue weighted by Gasteiger charge is -2.12. The van der Waals surface area contributed by atoms with Gasteiger partial charge in [0.2, 0.25) is 0 Å². The van der Waals surface area contributed by atoms with Crippen LogP contribution in [0.4, 0.5) is 5.69 Å². The summed E-state index contributed by atoms with van der Waals surface area (Å²) >= 11 is 3.51. The predicted molar refractivity (Wildman–Crippen MR) is 83.8 cm³/mol. The van der Waals surface area contributed by atoms with Crippen LogP contribution >= 0.6 is 15.9 Å². The van der Waals surface area contributed by atoms with Gasteiger partial charge in [-0.25, -0.2) is 0 Å². The molecular weight excluding hydrogens is 334 g/mol. The number of hydrogen-bond donors (Lipinski definition) is 1. The minimum atomic E-state index is -0.211. The van der Waals surface area contributed by atoms with Crippen LogP contribution < -0.4 is 10.1 Å². The molecule has 0 saturated carbocycles. The Balaban J connectivity index is 1.83. The molecule has 1 aliphatic heterocycles. The Hall–Kier alpha value is -1.82. The third kappa shape index (κ3) is 2.81. The molecule has 0 fully saturated rings. The lowest BCUT2D eigenvalue weighted by Crippen LogP contribution is -2.14. The van der Waals surface area contributed by atoms with Crippen LogP contribution in [-0.2, 0) is 13.0 Å². The Labute approximate surface area is 131 Å². The monoisotopic (exact) mass is 349 g/mol. The number of halogens is 1. The SMILES string of the molecule is COc1cccc(NC(=O)c2nn3c(c2Br)CCCC3)c1. The third-order valence-electron chi connectivity index (χ3n) is 3.57.